The predicted molar refractivity (Wildman–Crippen MR) is 159 cm³/mol. The number of aliphatic hydroxyl groups is 3. The van der Waals surface area contributed by atoms with Crippen LogP contribution in [0.2, 0.25) is 0 Å². The minimum atomic E-state index is -0.635. The van der Waals surface area contributed by atoms with Crippen LogP contribution in [0.1, 0.15) is 103 Å². The largest absolute Gasteiger partial charge is 0.393 e. The lowest BCUT2D eigenvalue weighted by Gasteiger charge is -2.44. The normalized spacial score (nSPS) is 36.0. The Morgan fingerprint density at radius 1 is 1.13 bits per heavy atom. The zero-order chi connectivity index (χ0) is 27.8. The van der Waals surface area contributed by atoms with Crippen molar-refractivity contribution < 1.29 is 15.3 Å². The molecule has 4 aliphatic carbocycles. The van der Waals surface area contributed by atoms with E-state index in [1.54, 1.807) is 0 Å². The quantitative estimate of drug-likeness (QED) is 0.256. The highest BCUT2D eigenvalue weighted by atomic mass is 16.3. The zero-order valence-corrected chi connectivity index (χ0v) is 24.5. The summed E-state index contributed by atoms with van der Waals surface area (Å²) in [5.41, 5.74) is 5.94. The Bertz CT molecular complexity index is 1120. The van der Waals surface area contributed by atoms with Crippen LogP contribution in [-0.2, 0) is 11.8 Å². The van der Waals surface area contributed by atoms with Crippen LogP contribution in [-0.4, -0.2) is 38.6 Å². The standard InChI is InChI=1S/C35H51NO3/c1-5-6-9-27-13-16-32(36-27)35(19-20-35)33(39)17-10-23(2)29-14-15-30-25(8-7-18-34(29,30)4)11-12-26-21-28(37)22-31(38)24(26)3/h10-13,16-17,23,28-31,33,36-39H,3,5-9,14-15,18-22H2,1-2,4H3/b17-10+,25-11+,26-12-/t23-,28-,29-,30+,31+,33+,34-/m1/s1. The number of aromatic amines is 1. The summed E-state index contributed by atoms with van der Waals surface area (Å²) in [7, 11) is 0. The molecule has 0 spiro atoms. The average molecular weight is 534 g/mol. The molecule has 214 valence electrons. The monoisotopic (exact) mass is 533 g/mol. The highest BCUT2D eigenvalue weighted by Gasteiger charge is 2.52. The van der Waals surface area contributed by atoms with Crippen molar-refractivity contribution in [1.82, 2.24) is 4.98 Å². The van der Waals surface area contributed by atoms with Crippen molar-refractivity contribution in [3.05, 3.63) is 71.1 Å². The van der Waals surface area contributed by atoms with Gasteiger partial charge in [0.2, 0.25) is 0 Å². The first kappa shape index (κ1) is 28.6. The van der Waals surface area contributed by atoms with Crippen molar-refractivity contribution in [3.8, 4) is 0 Å². The number of aliphatic hydroxyl groups excluding tert-OH is 3. The van der Waals surface area contributed by atoms with Crippen LogP contribution in [0.4, 0.5) is 0 Å². The number of fused-ring (bicyclic) bond motifs is 1. The number of aryl methyl sites for hydroxylation is 1. The third-order valence-electron chi connectivity index (χ3n) is 11.0. The number of hydrogen-bond acceptors (Lipinski definition) is 3. The lowest BCUT2D eigenvalue weighted by atomic mass is 9.61. The fraction of sp³-hybridized carbons (Fsp3) is 0.657. The maximum Gasteiger partial charge on any atom is 0.0831 e. The van der Waals surface area contributed by atoms with Gasteiger partial charge in [0.05, 0.1) is 18.3 Å². The number of aromatic nitrogens is 1. The van der Waals surface area contributed by atoms with Gasteiger partial charge >= 0.3 is 0 Å². The molecule has 4 fully saturated rings. The van der Waals surface area contributed by atoms with E-state index in [0.717, 1.165) is 36.8 Å². The van der Waals surface area contributed by atoms with E-state index in [-0.39, 0.29) is 10.8 Å². The van der Waals surface area contributed by atoms with Crippen molar-refractivity contribution >= 4 is 0 Å². The second kappa shape index (κ2) is 11.5. The maximum absolute atomic E-state index is 11.3. The van der Waals surface area contributed by atoms with Gasteiger partial charge in [-0.2, -0.15) is 0 Å². The molecule has 4 N–H and O–H groups in total. The molecule has 1 aromatic heterocycles. The zero-order valence-electron chi connectivity index (χ0n) is 24.5. The van der Waals surface area contributed by atoms with Crippen LogP contribution in [0.5, 0.6) is 0 Å². The summed E-state index contributed by atoms with van der Waals surface area (Å²) >= 11 is 0. The fourth-order valence-corrected chi connectivity index (χ4v) is 8.31. The molecule has 1 heterocycles. The molecular formula is C35H51NO3. The van der Waals surface area contributed by atoms with E-state index < -0.39 is 18.3 Å². The SMILES string of the molecule is C=C1/C(=C\C=C2/CCC[C@]3(C)[C@@H]([C@H](C)/C=C/[C@H](O)C4(c5ccc(CCCC)[nH]5)CC4)CC[C@@H]23)C[C@@H](O)C[C@@H]1O. The van der Waals surface area contributed by atoms with E-state index in [1.807, 2.05) is 0 Å². The predicted octanol–water partition coefficient (Wildman–Crippen LogP) is 7.08. The molecule has 0 bridgehead atoms. The molecule has 5 rings (SSSR count). The van der Waals surface area contributed by atoms with Crippen molar-refractivity contribution in [1.29, 1.82) is 0 Å². The molecule has 0 aliphatic heterocycles. The summed E-state index contributed by atoms with van der Waals surface area (Å²) in [6.07, 6.45) is 19.9. The van der Waals surface area contributed by atoms with Crippen molar-refractivity contribution in [2.24, 2.45) is 23.2 Å². The molecule has 0 radical (unpaired) electrons. The first-order valence-corrected chi connectivity index (χ1v) is 15.7. The topological polar surface area (TPSA) is 76.5 Å². The molecule has 4 aliphatic rings. The Balaban J connectivity index is 1.26. The lowest BCUT2D eigenvalue weighted by Crippen LogP contribution is -2.35. The van der Waals surface area contributed by atoms with Crippen LogP contribution < -0.4 is 0 Å². The Hall–Kier alpha value is -1.88. The Morgan fingerprint density at radius 2 is 1.92 bits per heavy atom. The van der Waals surface area contributed by atoms with Gasteiger partial charge < -0.3 is 20.3 Å². The molecule has 0 amide bonds. The van der Waals surface area contributed by atoms with E-state index in [9.17, 15) is 15.3 Å². The molecule has 4 nitrogen and oxygen atoms in total. The number of rotatable bonds is 9. The third-order valence-corrected chi connectivity index (χ3v) is 11.0. The van der Waals surface area contributed by atoms with E-state index >= 15 is 0 Å². The molecule has 39 heavy (non-hydrogen) atoms. The van der Waals surface area contributed by atoms with E-state index in [0.29, 0.717) is 30.6 Å². The van der Waals surface area contributed by atoms with Gasteiger partial charge in [-0.05, 0) is 111 Å². The number of nitrogens with one attached hydrogen (secondary N) is 1. The summed E-state index contributed by atoms with van der Waals surface area (Å²) in [4.78, 5) is 3.63. The van der Waals surface area contributed by atoms with Crippen molar-refractivity contribution in [2.75, 3.05) is 0 Å². The number of hydrogen-bond donors (Lipinski definition) is 4. The first-order valence-electron chi connectivity index (χ1n) is 15.7. The Morgan fingerprint density at radius 3 is 2.67 bits per heavy atom. The minimum absolute atomic E-state index is 0.124. The molecule has 7 atom stereocenters. The second-order valence-corrected chi connectivity index (χ2v) is 13.5. The van der Waals surface area contributed by atoms with E-state index in [4.69, 9.17) is 0 Å². The van der Waals surface area contributed by atoms with Crippen molar-refractivity contribution in [3.63, 3.8) is 0 Å². The average Bonchev–Trinajstić information content (AvgIpc) is 3.44. The molecule has 4 heteroatoms. The number of H-pyrrole nitrogens is 1. The first-order chi connectivity index (χ1) is 18.7. The summed E-state index contributed by atoms with van der Waals surface area (Å²) in [6, 6.07) is 4.42. The molecular weight excluding hydrogens is 482 g/mol. The smallest absolute Gasteiger partial charge is 0.0831 e. The maximum atomic E-state index is 11.3. The minimum Gasteiger partial charge on any atom is -0.393 e. The van der Waals surface area contributed by atoms with Gasteiger partial charge in [0.15, 0.2) is 0 Å². The van der Waals surface area contributed by atoms with Gasteiger partial charge in [0, 0.05) is 23.2 Å². The van der Waals surface area contributed by atoms with Gasteiger partial charge in [-0.25, -0.2) is 0 Å². The fourth-order valence-electron chi connectivity index (χ4n) is 8.31. The second-order valence-electron chi connectivity index (χ2n) is 13.5. The van der Waals surface area contributed by atoms with E-state index in [1.165, 1.54) is 55.5 Å². The van der Waals surface area contributed by atoms with Gasteiger partial charge in [-0.1, -0.05) is 63.6 Å². The summed E-state index contributed by atoms with van der Waals surface area (Å²) < 4.78 is 0. The van der Waals surface area contributed by atoms with E-state index in [2.05, 4.69) is 68.8 Å². The van der Waals surface area contributed by atoms with Crippen LogP contribution in [0, 0.1) is 23.2 Å². The highest BCUT2D eigenvalue weighted by molar-refractivity contribution is 5.39. The van der Waals surface area contributed by atoms with Gasteiger partial charge in [-0.3, -0.25) is 0 Å². The molecule has 1 aromatic rings. The van der Waals surface area contributed by atoms with Gasteiger partial charge in [-0.15, -0.1) is 0 Å². The van der Waals surface area contributed by atoms with Crippen LogP contribution in [0.15, 0.2) is 59.7 Å². The number of unbranched alkanes of at least 4 members (excludes halogenated alkanes) is 1. The molecule has 0 saturated heterocycles. The van der Waals surface area contributed by atoms with Crippen molar-refractivity contribution in [2.45, 2.75) is 122 Å². The Kier molecular flexibility index (Phi) is 8.48. The highest BCUT2D eigenvalue weighted by Crippen LogP contribution is 2.60. The summed E-state index contributed by atoms with van der Waals surface area (Å²) in [5.74, 6) is 1.61. The van der Waals surface area contributed by atoms with Gasteiger partial charge in [0.25, 0.3) is 0 Å². The lowest BCUT2D eigenvalue weighted by molar-refractivity contribution is 0.0862. The Labute approximate surface area is 236 Å². The molecule has 4 saturated carbocycles. The van der Waals surface area contributed by atoms with Crippen LogP contribution in [0.25, 0.3) is 0 Å². The summed E-state index contributed by atoms with van der Waals surface area (Å²) in [6.45, 7) is 11.2. The molecule has 0 unspecified atom stereocenters. The third kappa shape index (κ3) is 5.67. The summed E-state index contributed by atoms with van der Waals surface area (Å²) in [5, 5.41) is 31.7. The van der Waals surface area contributed by atoms with Crippen LogP contribution in [0.3, 0.4) is 0 Å². The van der Waals surface area contributed by atoms with Crippen LogP contribution >= 0.6 is 0 Å². The molecule has 0 aromatic carbocycles. The van der Waals surface area contributed by atoms with Gasteiger partial charge in [0.1, 0.15) is 0 Å². The number of allylic oxidation sites excluding steroid dienone is 4.